The Balaban J connectivity index is 2.33. The minimum Gasteiger partial charge on any atom is -0.396 e. The SMILES string of the molecule is C[C@@]12CCC[C@](CO)([C@H](O)CCO)C1[C@@H](O)CC2. The van der Waals surface area contributed by atoms with Crippen LogP contribution in [-0.2, 0) is 0 Å². The molecule has 0 aromatic heterocycles. The molecule has 0 bridgehead atoms. The molecule has 0 amide bonds. The smallest absolute Gasteiger partial charge is 0.0644 e. The summed E-state index contributed by atoms with van der Waals surface area (Å²) in [5.41, 5.74) is -0.609. The van der Waals surface area contributed by atoms with Gasteiger partial charge in [-0.05, 0) is 37.5 Å². The van der Waals surface area contributed by atoms with Crippen molar-refractivity contribution in [2.45, 2.75) is 57.7 Å². The van der Waals surface area contributed by atoms with E-state index < -0.39 is 17.6 Å². The normalized spacial score (nSPS) is 45.8. The highest BCUT2D eigenvalue weighted by Gasteiger charge is 2.59. The van der Waals surface area contributed by atoms with Gasteiger partial charge in [0.25, 0.3) is 0 Å². The topological polar surface area (TPSA) is 80.9 Å². The molecular formula is C14H26O4. The molecule has 1 unspecified atom stereocenters. The van der Waals surface area contributed by atoms with E-state index in [0.717, 1.165) is 32.1 Å². The molecule has 2 aliphatic carbocycles. The first-order valence-electron chi connectivity index (χ1n) is 7.08. The Morgan fingerprint density at radius 3 is 2.56 bits per heavy atom. The molecule has 2 aliphatic rings. The van der Waals surface area contributed by atoms with Gasteiger partial charge in [-0.2, -0.15) is 0 Å². The largest absolute Gasteiger partial charge is 0.396 e. The lowest BCUT2D eigenvalue weighted by atomic mass is 9.54. The highest BCUT2D eigenvalue weighted by Crippen LogP contribution is 2.60. The zero-order chi connectivity index (χ0) is 13.4. The van der Waals surface area contributed by atoms with Crippen molar-refractivity contribution in [2.75, 3.05) is 13.2 Å². The molecule has 0 aromatic carbocycles. The van der Waals surface area contributed by atoms with Crippen molar-refractivity contribution >= 4 is 0 Å². The lowest BCUT2D eigenvalue weighted by Gasteiger charge is -2.53. The van der Waals surface area contributed by atoms with Crippen molar-refractivity contribution in [3.8, 4) is 0 Å². The van der Waals surface area contributed by atoms with Gasteiger partial charge in [0.1, 0.15) is 0 Å². The van der Waals surface area contributed by atoms with Crippen LogP contribution in [-0.4, -0.2) is 45.8 Å². The molecule has 0 aliphatic heterocycles. The van der Waals surface area contributed by atoms with Gasteiger partial charge < -0.3 is 20.4 Å². The fourth-order valence-electron chi connectivity index (χ4n) is 4.67. The molecule has 2 saturated carbocycles. The average molecular weight is 258 g/mol. The van der Waals surface area contributed by atoms with Crippen molar-refractivity contribution in [1.29, 1.82) is 0 Å². The molecule has 0 saturated heterocycles. The minimum atomic E-state index is -0.732. The fourth-order valence-corrected chi connectivity index (χ4v) is 4.67. The summed E-state index contributed by atoms with van der Waals surface area (Å²) in [4.78, 5) is 0. The maximum Gasteiger partial charge on any atom is 0.0644 e. The van der Waals surface area contributed by atoms with E-state index >= 15 is 0 Å². The Kier molecular flexibility index (Phi) is 4.02. The van der Waals surface area contributed by atoms with E-state index in [1.807, 2.05) is 0 Å². The van der Waals surface area contributed by atoms with Crippen LogP contribution < -0.4 is 0 Å². The van der Waals surface area contributed by atoms with Gasteiger partial charge in [-0.3, -0.25) is 0 Å². The number of rotatable bonds is 4. The Bertz CT molecular complexity index is 292. The predicted molar refractivity (Wildman–Crippen MR) is 67.9 cm³/mol. The van der Waals surface area contributed by atoms with Crippen LogP contribution in [0.15, 0.2) is 0 Å². The molecule has 18 heavy (non-hydrogen) atoms. The van der Waals surface area contributed by atoms with Crippen LogP contribution in [0.5, 0.6) is 0 Å². The van der Waals surface area contributed by atoms with Gasteiger partial charge in [-0.1, -0.05) is 13.3 Å². The molecule has 5 atom stereocenters. The molecule has 2 fully saturated rings. The molecular weight excluding hydrogens is 232 g/mol. The molecule has 4 heteroatoms. The summed E-state index contributed by atoms with van der Waals surface area (Å²) in [6.07, 6.45) is 3.61. The third-order valence-electron chi connectivity index (χ3n) is 5.52. The van der Waals surface area contributed by atoms with E-state index in [9.17, 15) is 15.3 Å². The summed E-state index contributed by atoms with van der Waals surface area (Å²) in [6, 6.07) is 0. The van der Waals surface area contributed by atoms with Gasteiger partial charge in [-0.15, -0.1) is 0 Å². The molecule has 0 aromatic rings. The lowest BCUT2D eigenvalue weighted by Crippen LogP contribution is -2.55. The highest BCUT2D eigenvalue weighted by molar-refractivity contribution is 5.08. The number of fused-ring (bicyclic) bond motifs is 1. The monoisotopic (exact) mass is 258 g/mol. The Morgan fingerprint density at radius 1 is 1.22 bits per heavy atom. The second-order valence-corrected chi connectivity index (χ2v) is 6.51. The van der Waals surface area contributed by atoms with Gasteiger partial charge in [0.2, 0.25) is 0 Å². The third-order valence-corrected chi connectivity index (χ3v) is 5.52. The minimum absolute atomic E-state index is 0.0246. The van der Waals surface area contributed by atoms with Crippen molar-refractivity contribution in [1.82, 2.24) is 0 Å². The average Bonchev–Trinajstić information content (AvgIpc) is 2.66. The Morgan fingerprint density at radius 2 is 1.94 bits per heavy atom. The van der Waals surface area contributed by atoms with E-state index in [4.69, 9.17) is 5.11 Å². The first-order chi connectivity index (χ1) is 8.50. The van der Waals surface area contributed by atoms with Crippen molar-refractivity contribution in [3.05, 3.63) is 0 Å². The predicted octanol–water partition coefficient (Wildman–Crippen LogP) is 0.670. The van der Waals surface area contributed by atoms with Gasteiger partial charge in [-0.25, -0.2) is 0 Å². The van der Waals surface area contributed by atoms with E-state index in [2.05, 4.69) is 6.92 Å². The van der Waals surface area contributed by atoms with Crippen LogP contribution in [0.2, 0.25) is 0 Å². The quantitative estimate of drug-likeness (QED) is 0.597. The summed E-state index contributed by atoms with van der Waals surface area (Å²) in [6.45, 7) is 1.98. The second kappa shape index (κ2) is 5.08. The van der Waals surface area contributed by atoms with Crippen LogP contribution in [0.3, 0.4) is 0 Å². The summed E-state index contributed by atoms with van der Waals surface area (Å²) in [7, 11) is 0. The summed E-state index contributed by atoms with van der Waals surface area (Å²) in [5, 5.41) is 39.6. The number of hydrogen-bond acceptors (Lipinski definition) is 4. The number of aliphatic hydroxyl groups is 4. The first-order valence-corrected chi connectivity index (χ1v) is 7.08. The Labute approximate surface area is 109 Å². The molecule has 0 spiro atoms. The summed E-state index contributed by atoms with van der Waals surface area (Å²) in [5.74, 6) is -0.0506. The fraction of sp³-hybridized carbons (Fsp3) is 1.00. The van der Waals surface area contributed by atoms with Gasteiger partial charge >= 0.3 is 0 Å². The van der Waals surface area contributed by atoms with E-state index in [1.54, 1.807) is 0 Å². The van der Waals surface area contributed by atoms with E-state index in [-0.39, 0.29) is 31.0 Å². The lowest BCUT2D eigenvalue weighted by molar-refractivity contribution is -0.148. The molecule has 106 valence electrons. The highest BCUT2D eigenvalue weighted by atomic mass is 16.3. The van der Waals surface area contributed by atoms with Crippen molar-refractivity contribution < 1.29 is 20.4 Å². The number of hydrogen-bond donors (Lipinski definition) is 4. The van der Waals surface area contributed by atoms with Crippen molar-refractivity contribution in [3.63, 3.8) is 0 Å². The van der Waals surface area contributed by atoms with E-state index in [1.165, 1.54) is 0 Å². The molecule has 4 nitrogen and oxygen atoms in total. The van der Waals surface area contributed by atoms with Crippen LogP contribution in [0.25, 0.3) is 0 Å². The van der Waals surface area contributed by atoms with Gasteiger partial charge in [0, 0.05) is 17.9 Å². The van der Waals surface area contributed by atoms with Crippen LogP contribution in [0, 0.1) is 16.7 Å². The first kappa shape index (κ1) is 14.3. The molecule has 0 radical (unpaired) electrons. The number of aliphatic hydroxyl groups excluding tert-OH is 4. The summed E-state index contributed by atoms with van der Waals surface area (Å²) >= 11 is 0. The Hall–Kier alpha value is -0.160. The third kappa shape index (κ3) is 1.99. The standard InChI is InChI=1S/C14H26O4/c1-13-5-2-6-14(9-16,11(18)4-8-15)12(13)10(17)3-7-13/h10-12,15-18H,2-9H2,1H3/t10-,11+,12?,13-,14-/m0/s1. The molecule has 0 heterocycles. The van der Waals surface area contributed by atoms with Gasteiger partial charge in [0.15, 0.2) is 0 Å². The molecule has 4 N–H and O–H groups in total. The van der Waals surface area contributed by atoms with Crippen molar-refractivity contribution in [2.24, 2.45) is 16.7 Å². The zero-order valence-electron chi connectivity index (χ0n) is 11.2. The molecule has 2 rings (SSSR count). The maximum absolute atomic E-state index is 10.4. The maximum atomic E-state index is 10.4. The van der Waals surface area contributed by atoms with Crippen LogP contribution >= 0.6 is 0 Å². The van der Waals surface area contributed by atoms with Crippen LogP contribution in [0.4, 0.5) is 0 Å². The van der Waals surface area contributed by atoms with Gasteiger partial charge in [0.05, 0.1) is 18.8 Å². The van der Waals surface area contributed by atoms with E-state index in [0.29, 0.717) is 0 Å². The zero-order valence-corrected chi connectivity index (χ0v) is 11.2. The van der Waals surface area contributed by atoms with Crippen LogP contribution in [0.1, 0.15) is 45.4 Å². The second-order valence-electron chi connectivity index (χ2n) is 6.51. The summed E-state index contributed by atoms with van der Waals surface area (Å²) < 4.78 is 0.